The van der Waals surface area contributed by atoms with Gasteiger partial charge in [0.25, 0.3) is 11.8 Å². The molecular weight excluding hydrogens is 356 g/mol. The highest BCUT2D eigenvalue weighted by molar-refractivity contribution is 6.03. The SMILES string of the molecule is O=C(Nc1nc(C(=O)N2CCN(C3CCCCC3)CC2)co1)c1ccccc1. The highest BCUT2D eigenvalue weighted by atomic mass is 16.4. The lowest BCUT2D eigenvalue weighted by Gasteiger charge is -2.40. The maximum Gasteiger partial charge on any atom is 0.302 e. The second-order valence-electron chi connectivity index (χ2n) is 7.48. The summed E-state index contributed by atoms with van der Waals surface area (Å²) in [5.74, 6) is -0.463. The number of benzene rings is 1. The quantitative estimate of drug-likeness (QED) is 0.879. The molecule has 0 spiro atoms. The molecule has 4 rings (SSSR count). The second-order valence-corrected chi connectivity index (χ2v) is 7.48. The fraction of sp³-hybridized carbons (Fsp3) is 0.476. The van der Waals surface area contributed by atoms with Crippen molar-refractivity contribution < 1.29 is 14.0 Å². The zero-order chi connectivity index (χ0) is 19.3. The summed E-state index contributed by atoms with van der Waals surface area (Å²) in [5, 5.41) is 2.59. The predicted molar refractivity (Wildman–Crippen MR) is 105 cm³/mol. The molecule has 1 aliphatic heterocycles. The van der Waals surface area contributed by atoms with E-state index in [4.69, 9.17) is 4.42 Å². The number of carbonyl (C=O) groups excluding carboxylic acids is 2. The second kappa shape index (κ2) is 8.56. The molecule has 1 aromatic heterocycles. The van der Waals surface area contributed by atoms with Crippen molar-refractivity contribution in [3.8, 4) is 0 Å². The van der Waals surface area contributed by atoms with E-state index in [1.165, 1.54) is 38.4 Å². The van der Waals surface area contributed by atoms with Crippen LogP contribution in [0.15, 0.2) is 41.0 Å². The van der Waals surface area contributed by atoms with Crippen LogP contribution in [-0.2, 0) is 0 Å². The Morgan fingerprint density at radius 3 is 2.43 bits per heavy atom. The van der Waals surface area contributed by atoms with Crippen LogP contribution in [0.2, 0.25) is 0 Å². The van der Waals surface area contributed by atoms with E-state index in [0.717, 1.165) is 13.1 Å². The summed E-state index contributed by atoms with van der Waals surface area (Å²) in [6.07, 6.45) is 7.87. The van der Waals surface area contributed by atoms with Crippen molar-refractivity contribution in [1.82, 2.24) is 14.8 Å². The van der Waals surface area contributed by atoms with Crippen molar-refractivity contribution in [2.45, 2.75) is 38.1 Å². The van der Waals surface area contributed by atoms with Crippen LogP contribution in [0.4, 0.5) is 6.01 Å². The summed E-state index contributed by atoms with van der Waals surface area (Å²) < 4.78 is 5.28. The van der Waals surface area contributed by atoms with E-state index in [-0.39, 0.29) is 23.5 Å². The van der Waals surface area contributed by atoms with Gasteiger partial charge in [-0.05, 0) is 25.0 Å². The van der Waals surface area contributed by atoms with Crippen molar-refractivity contribution in [1.29, 1.82) is 0 Å². The van der Waals surface area contributed by atoms with Gasteiger partial charge in [0.1, 0.15) is 6.26 Å². The minimum absolute atomic E-state index is 0.0399. The van der Waals surface area contributed by atoms with Gasteiger partial charge in [-0.1, -0.05) is 37.5 Å². The molecule has 1 N–H and O–H groups in total. The fourth-order valence-electron chi connectivity index (χ4n) is 4.09. The summed E-state index contributed by atoms with van der Waals surface area (Å²) in [4.78, 5) is 33.4. The zero-order valence-corrected chi connectivity index (χ0v) is 16.0. The molecule has 2 fully saturated rings. The number of hydrogen-bond acceptors (Lipinski definition) is 5. The molecule has 0 bridgehead atoms. The number of amides is 2. The minimum Gasteiger partial charge on any atom is -0.431 e. The number of piperazine rings is 1. The smallest absolute Gasteiger partial charge is 0.302 e. The first-order valence-electron chi connectivity index (χ1n) is 10.1. The lowest BCUT2D eigenvalue weighted by Crippen LogP contribution is -2.52. The Morgan fingerprint density at radius 2 is 1.71 bits per heavy atom. The van der Waals surface area contributed by atoms with E-state index >= 15 is 0 Å². The van der Waals surface area contributed by atoms with E-state index in [0.29, 0.717) is 24.7 Å². The Morgan fingerprint density at radius 1 is 1.00 bits per heavy atom. The number of carbonyl (C=O) groups is 2. The summed E-state index contributed by atoms with van der Waals surface area (Å²) in [6.45, 7) is 3.22. The number of hydrogen-bond donors (Lipinski definition) is 1. The first-order chi connectivity index (χ1) is 13.7. The Bertz CT molecular complexity index is 806. The Balaban J connectivity index is 1.31. The number of nitrogens with zero attached hydrogens (tertiary/aromatic N) is 3. The molecule has 7 heteroatoms. The van der Waals surface area contributed by atoms with Crippen molar-refractivity contribution in [3.63, 3.8) is 0 Å². The fourth-order valence-corrected chi connectivity index (χ4v) is 4.09. The molecule has 2 aliphatic rings. The maximum absolute atomic E-state index is 12.7. The molecule has 1 saturated carbocycles. The molecule has 1 saturated heterocycles. The van der Waals surface area contributed by atoms with Gasteiger partial charge in [0.15, 0.2) is 5.69 Å². The topological polar surface area (TPSA) is 78.7 Å². The summed E-state index contributed by atoms with van der Waals surface area (Å²) in [6, 6.07) is 9.54. The Labute approximate surface area is 164 Å². The van der Waals surface area contributed by atoms with Gasteiger partial charge in [-0.2, -0.15) is 4.98 Å². The van der Waals surface area contributed by atoms with Crippen LogP contribution in [0, 0.1) is 0 Å². The molecule has 0 unspecified atom stereocenters. The van der Waals surface area contributed by atoms with E-state index < -0.39 is 0 Å². The van der Waals surface area contributed by atoms with Crippen LogP contribution in [0.5, 0.6) is 0 Å². The van der Waals surface area contributed by atoms with E-state index in [9.17, 15) is 9.59 Å². The van der Waals surface area contributed by atoms with Crippen LogP contribution in [0.25, 0.3) is 0 Å². The van der Waals surface area contributed by atoms with Crippen LogP contribution in [0.3, 0.4) is 0 Å². The number of nitrogens with one attached hydrogen (secondary N) is 1. The van der Waals surface area contributed by atoms with Crippen molar-refractivity contribution in [2.24, 2.45) is 0 Å². The summed E-state index contributed by atoms with van der Waals surface area (Å²) >= 11 is 0. The van der Waals surface area contributed by atoms with E-state index in [1.54, 1.807) is 24.3 Å². The molecule has 2 heterocycles. The van der Waals surface area contributed by atoms with Crippen LogP contribution in [-0.4, -0.2) is 58.8 Å². The lowest BCUT2D eigenvalue weighted by molar-refractivity contribution is 0.0518. The van der Waals surface area contributed by atoms with Crippen LogP contribution in [0.1, 0.15) is 53.0 Å². The van der Waals surface area contributed by atoms with Crippen molar-refractivity contribution in [3.05, 3.63) is 47.9 Å². The minimum atomic E-state index is -0.317. The Hall–Kier alpha value is -2.67. The Kier molecular flexibility index (Phi) is 5.71. The molecule has 2 aromatic rings. The molecule has 1 aromatic carbocycles. The summed E-state index contributed by atoms with van der Waals surface area (Å²) in [5.41, 5.74) is 0.738. The molecule has 28 heavy (non-hydrogen) atoms. The molecule has 148 valence electrons. The van der Waals surface area contributed by atoms with Gasteiger partial charge in [-0.3, -0.25) is 19.8 Å². The number of oxazole rings is 1. The predicted octanol–water partition coefficient (Wildman–Crippen LogP) is 3.02. The van der Waals surface area contributed by atoms with Gasteiger partial charge in [-0.25, -0.2) is 0 Å². The van der Waals surface area contributed by atoms with Crippen molar-refractivity contribution >= 4 is 17.8 Å². The maximum atomic E-state index is 12.7. The van der Waals surface area contributed by atoms with E-state index in [1.807, 2.05) is 11.0 Å². The summed E-state index contributed by atoms with van der Waals surface area (Å²) in [7, 11) is 0. The van der Waals surface area contributed by atoms with Crippen molar-refractivity contribution in [2.75, 3.05) is 31.5 Å². The van der Waals surface area contributed by atoms with Crippen LogP contribution < -0.4 is 5.32 Å². The largest absolute Gasteiger partial charge is 0.431 e. The molecule has 7 nitrogen and oxygen atoms in total. The van der Waals surface area contributed by atoms with Gasteiger partial charge in [0.05, 0.1) is 0 Å². The van der Waals surface area contributed by atoms with Crippen LogP contribution >= 0.6 is 0 Å². The standard InChI is InChI=1S/C21H26N4O3/c26-19(16-7-3-1-4-8-16)23-21-22-18(15-28-21)20(27)25-13-11-24(12-14-25)17-9-5-2-6-10-17/h1,3-4,7-8,15,17H,2,5-6,9-14H2,(H,22,23,26). The highest BCUT2D eigenvalue weighted by Crippen LogP contribution is 2.24. The highest BCUT2D eigenvalue weighted by Gasteiger charge is 2.28. The first-order valence-corrected chi connectivity index (χ1v) is 10.1. The monoisotopic (exact) mass is 382 g/mol. The first kappa shape index (κ1) is 18.7. The number of rotatable bonds is 4. The molecular formula is C21H26N4O3. The average molecular weight is 382 g/mol. The van der Waals surface area contributed by atoms with Gasteiger partial charge in [0, 0.05) is 37.8 Å². The normalized spacial score (nSPS) is 18.8. The zero-order valence-electron chi connectivity index (χ0n) is 16.0. The van der Waals surface area contributed by atoms with E-state index in [2.05, 4.69) is 15.2 Å². The van der Waals surface area contributed by atoms with Gasteiger partial charge < -0.3 is 9.32 Å². The van der Waals surface area contributed by atoms with Gasteiger partial charge >= 0.3 is 6.01 Å². The molecule has 2 amide bonds. The third kappa shape index (κ3) is 4.25. The molecule has 0 radical (unpaired) electrons. The van der Waals surface area contributed by atoms with Gasteiger partial charge in [0.2, 0.25) is 0 Å². The molecule has 0 atom stereocenters. The van der Waals surface area contributed by atoms with Gasteiger partial charge in [-0.15, -0.1) is 0 Å². The number of anilines is 1. The molecule has 1 aliphatic carbocycles. The third-order valence-corrected chi connectivity index (χ3v) is 5.67. The third-order valence-electron chi connectivity index (χ3n) is 5.67. The lowest BCUT2D eigenvalue weighted by atomic mass is 9.94. The average Bonchev–Trinajstić information content (AvgIpc) is 3.23. The number of aromatic nitrogens is 1.